The summed E-state index contributed by atoms with van der Waals surface area (Å²) in [5.41, 5.74) is -1.01. The molecule has 0 saturated carbocycles. The fourth-order valence-corrected chi connectivity index (χ4v) is 2.75. The van der Waals surface area contributed by atoms with E-state index in [1.54, 1.807) is 6.08 Å². The quantitative estimate of drug-likeness (QED) is 0.439. The molecule has 10 nitrogen and oxygen atoms in total. The molecule has 2 atom stereocenters. The van der Waals surface area contributed by atoms with Crippen molar-refractivity contribution in [2.24, 2.45) is 0 Å². The van der Waals surface area contributed by atoms with Gasteiger partial charge in [0.2, 0.25) is 0 Å². The Balaban J connectivity index is 2.27. The molecule has 0 radical (unpaired) electrons. The third kappa shape index (κ3) is 1.47. The van der Waals surface area contributed by atoms with E-state index in [9.17, 15) is 20.2 Å². The van der Waals surface area contributed by atoms with Gasteiger partial charge in [0.15, 0.2) is 0 Å². The Morgan fingerprint density at radius 1 is 1.45 bits per heavy atom. The van der Waals surface area contributed by atoms with Crippen LogP contribution in [0.5, 0.6) is 0 Å². The third-order valence-electron chi connectivity index (χ3n) is 3.81. The third-order valence-corrected chi connectivity index (χ3v) is 3.81. The first-order chi connectivity index (χ1) is 9.45. The van der Waals surface area contributed by atoms with Crippen LogP contribution in [-0.4, -0.2) is 35.6 Å². The van der Waals surface area contributed by atoms with Gasteiger partial charge >= 0.3 is 5.70 Å². The smallest absolute Gasteiger partial charge is 0.264 e. The SMILES string of the molecule is CC1=CC[C@@]2([N+](=O)[O-])C=C([N+](=O)[O-])c3nnnn3[C@H]2C1. The topological polar surface area (TPSA) is 130 Å². The molecule has 0 aromatic carbocycles. The number of nitro groups is 2. The molecule has 2 heterocycles. The number of nitrogens with zero attached hydrogens (tertiary/aromatic N) is 6. The number of rotatable bonds is 2. The number of hydrogen-bond donors (Lipinski definition) is 0. The van der Waals surface area contributed by atoms with Crippen LogP contribution in [0.15, 0.2) is 17.7 Å². The van der Waals surface area contributed by atoms with Crippen molar-refractivity contribution in [1.29, 1.82) is 0 Å². The molecule has 0 spiro atoms. The molecule has 0 bridgehead atoms. The Bertz CT molecular complexity index is 677. The average Bonchev–Trinajstić information content (AvgIpc) is 2.86. The highest BCUT2D eigenvalue weighted by molar-refractivity contribution is 5.56. The molecule has 0 amide bonds. The number of allylic oxidation sites excluding steroid dienone is 1. The molecule has 1 aromatic rings. The zero-order valence-corrected chi connectivity index (χ0v) is 10.5. The minimum Gasteiger partial charge on any atom is -0.264 e. The predicted molar refractivity (Wildman–Crippen MR) is 64.5 cm³/mol. The van der Waals surface area contributed by atoms with Gasteiger partial charge in [0.25, 0.3) is 11.4 Å². The maximum atomic E-state index is 11.5. The Labute approximate surface area is 112 Å². The van der Waals surface area contributed by atoms with Gasteiger partial charge in [-0.25, -0.2) is 4.68 Å². The highest BCUT2D eigenvalue weighted by Crippen LogP contribution is 2.44. The largest absolute Gasteiger partial charge is 0.318 e. The van der Waals surface area contributed by atoms with Gasteiger partial charge in [-0.3, -0.25) is 20.2 Å². The molecule has 3 rings (SSSR count). The Kier molecular flexibility index (Phi) is 2.43. The van der Waals surface area contributed by atoms with E-state index in [-0.39, 0.29) is 12.2 Å². The van der Waals surface area contributed by atoms with E-state index >= 15 is 0 Å². The van der Waals surface area contributed by atoms with Gasteiger partial charge in [-0.05, 0) is 23.8 Å². The van der Waals surface area contributed by atoms with E-state index in [1.165, 1.54) is 4.68 Å². The number of aromatic nitrogens is 4. The molecule has 10 heteroatoms. The normalized spacial score (nSPS) is 27.9. The summed E-state index contributed by atoms with van der Waals surface area (Å²) < 4.78 is 1.21. The van der Waals surface area contributed by atoms with E-state index in [0.717, 1.165) is 11.6 Å². The molecule has 0 fully saturated rings. The highest BCUT2D eigenvalue weighted by Gasteiger charge is 2.57. The summed E-state index contributed by atoms with van der Waals surface area (Å²) in [7, 11) is 0. The van der Waals surface area contributed by atoms with Crippen LogP contribution in [0.25, 0.3) is 5.70 Å². The van der Waals surface area contributed by atoms with Gasteiger partial charge in [-0.15, -0.1) is 5.10 Å². The minimum absolute atomic E-state index is 0.0350. The maximum Gasteiger partial charge on any atom is 0.318 e. The predicted octanol–water partition coefficient (Wildman–Crippen LogP) is 0.601. The molecule has 0 unspecified atom stereocenters. The van der Waals surface area contributed by atoms with Crippen molar-refractivity contribution in [3.63, 3.8) is 0 Å². The lowest BCUT2D eigenvalue weighted by molar-refractivity contribution is -0.565. The maximum absolute atomic E-state index is 11.5. The van der Waals surface area contributed by atoms with Crippen molar-refractivity contribution in [2.45, 2.75) is 31.3 Å². The van der Waals surface area contributed by atoms with E-state index < -0.39 is 27.1 Å². The molecule has 104 valence electrons. The van der Waals surface area contributed by atoms with Gasteiger partial charge in [-0.1, -0.05) is 11.6 Å². The molecule has 2 aliphatic rings. The Hall–Kier alpha value is -2.65. The van der Waals surface area contributed by atoms with Crippen molar-refractivity contribution >= 4 is 5.70 Å². The molecule has 1 aromatic heterocycles. The number of fused-ring (bicyclic) bond motifs is 3. The second-order valence-corrected chi connectivity index (χ2v) is 4.96. The van der Waals surface area contributed by atoms with Crippen molar-refractivity contribution < 1.29 is 9.85 Å². The van der Waals surface area contributed by atoms with E-state index in [2.05, 4.69) is 15.5 Å². The van der Waals surface area contributed by atoms with Crippen LogP contribution in [0.2, 0.25) is 0 Å². The van der Waals surface area contributed by atoms with Crippen LogP contribution in [0.3, 0.4) is 0 Å². The van der Waals surface area contributed by atoms with Crippen LogP contribution in [-0.2, 0) is 0 Å². The zero-order chi connectivity index (χ0) is 14.5. The van der Waals surface area contributed by atoms with Crippen LogP contribution >= 0.6 is 0 Å². The first-order valence-electron chi connectivity index (χ1n) is 5.91. The van der Waals surface area contributed by atoms with Crippen molar-refractivity contribution in [3.05, 3.63) is 43.8 Å². The molecule has 0 saturated heterocycles. The van der Waals surface area contributed by atoms with Gasteiger partial charge in [0.1, 0.15) is 6.04 Å². The number of tetrazole rings is 1. The lowest BCUT2D eigenvalue weighted by atomic mass is 9.76. The summed E-state index contributed by atoms with van der Waals surface area (Å²) in [5.74, 6) is -0.0350. The summed E-state index contributed by atoms with van der Waals surface area (Å²) in [4.78, 5) is 21.5. The monoisotopic (exact) mass is 278 g/mol. The molecule has 1 aliphatic carbocycles. The lowest BCUT2D eigenvalue weighted by Crippen LogP contribution is -2.49. The van der Waals surface area contributed by atoms with Crippen LogP contribution in [0, 0.1) is 20.2 Å². The first kappa shape index (κ1) is 12.4. The van der Waals surface area contributed by atoms with Crippen LogP contribution in [0.1, 0.15) is 31.6 Å². The van der Waals surface area contributed by atoms with Crippen LogP contribution in [0.4, 0.5) is 0 Å². The second kappa shape index (κ2) is 3.92. The van der Waals surface area contributed by atoms with Gasteiger partial charge in [0.05, 0.1) is 11.0 Å². The fraction of sp³-hybridized carbons (Fsp3) is 0.500. The molecular formula is C10H10N6O4. The van der Waals surface area contributed by atoms with E-state index in [0.29, 0.717) is 6.42 Å². The van der Waals surface area contributed by atoms with Crippen molar-refractivity contribution in [1.82, 2.24) is 20.2 Å². The minimum atomic E-state index is -1.57. The summed E-state index contributed by atoms with van der Waals surface area (Å²) in [5, 5.41) is 33.4. The first-order valence-corrected chi connectivity index (χ1v) is 5.91. The van der Waals surface area contributed by atoms with E-state index in [4.69, 9.17) is 0 Å². The van der Waals surface area contributed by atoms with Crippen molar-refractivity contribution in [2.75, 3.05) is 0 Å². The summed E-state index contributed by atoms with van der Waals surface area (Å²) in [6.07, 6.45) is 3.31. The van der Waals surface area contributed by atoms with Crippen molar-refractivity contribution in [3.8, 4) is 0 Å². The standard InChI is InChI=1S/C10H10N6O4/c1-6-2-3-10(16(19)20)5-7(15(17)18)9-11-12-13-14(9)8(10)4-6/h2,5,8H,3-4H2,1H3/t8-,10+/m0/s1. The molecule has 20 heavy (non-hydrogen) atoms. The molecule has 1 aliphatic heterocycles. The van der Waals surface area contributed by atoms with E-state index in [1.807, 2.05) is 6.92 Å². The Morgan fingerprint density at radius 2 is 2.20 bits per heavy atom. The zero-order valence-electron chi connectivity index (χ0n) is 10.5. The van der Waals surface area contributed by atoms with Gasteiger partial charge < -0.3 is 0 Å². The van der Waals surface area contributed by atoms with Crippen LogP contribution < -0.4 is 0 Å². The molecule has 0 N–H and O–H groups in total. The summed E-state index contributed by atoms with van der Waals surface area (Å²) >= 11 is 0. The fourth-order valence-electron chi connectivity index (χ4n) is 2.75. The van der Waals surface area contributed by atoms with Gasteiger partial charge in [-0.2, -0.15) is 0 Å². The average molecular weight is 278 g/mol. The summed E-state index contributed by atoms with van der Waals surface area (Å²) in [6, 6.07) is -0.642. The Morgan fingerprint density at radius 3 is 2.85 bits per heavy atom. The summed E-state index contributed by atoms with van der Waals surface area (Å²) in [6.45, 7) is 1.86. The molecular weight excluding hydrogens is 268 g/mol. The number of hydrogen-bond acceptors (Lipinski definition) is 7. The lowest BCUT2D eigenvalue weighted by Gasteiger charge is -2.35. The highest BCUT2D eigenvalue weighted by atomic mass is 16.6. The van der Waals surface area contributed by atoms with Gasteiger partial charge in [0, 0.05) is 11.3 Å². The second-order valence-electron chi connectivity index (χ2n) is 4.96.